The molecule has 214 valence electrons. The average molecular weight is 579 g/mol. The molecule has 11 nitrogen and oxygen atoms in total. The molecule has 0 aliphatic carbocycles. The van der Waals surface area contributed by atoms with Crippen molar-refractivity contribution in [3.8, 4) is 22.9 Å². The predicted octanol–water partition coefficient (Wildman–Crippen LogP) is 3.18. The highest BCUT2D eigenvalue weighted by Gasteiger charge is 2.34. The second kappa shape index (κ2) is 11.1. The van der Waals surface area contributed by atoms with Crippen molar-refractivity contribution < 1.29 is 19.7 Å². The van der Waals surface area contributed by atoms with Crippen molar-refractivity contribution in [2.75, 3.05) is 38.6 Å². The van der Waals surface area contributed by atoms with E-state index in [4.69, 9.17) is 16.3 Å². The molecule has 1 saturated heterocycles. The lowest BCUT2D eigenvalue weighted by molar-refractivity contribution is 0.0617. The molecule has 1 amide bonds. The quantitative estimate of drug-likeness (QED) is 0.214. The number of amides is 1. The Morgan fingerprint density at radius 3 is 2.78 bits per heavy atom. The number of hydrogen-bond acceptors (Lipinski definition) is 8. The van der Waals surface area contributed by atoms with Crippen LogP contribution in [0.5, 0.6) is 11.5 Å². The molecule has 2 aromatic carbocycles. The third-order valence-electron chi connectivity index (χ3n) is 7.74. The van der Waals surface area contributed by atoms with E-state index in [2.05, 4.69) is 32.2 Å². The highest BCUT2D eigenvalue weighted by Crippen LogP contribution is 2.33. The number of likely N-dealkylation sites (tertiary alicyclic amines) is 1. The zero-order valence-corrected chi connectivity index (χ0v) is 23.2. The number of hydrogen-bond donors (Lipinski definition) is 5. The van der Waals surface area contributed by atoms with E-state index in [1.54, 1.807) is 6.07 Å². The largest absolute Gasteiger partial charge is 0.508 e. The number of nitrogens with one attached hydrogen (secondary N) is 3. The zero-order chi connectivity index (χ0) is 28.7. The second-order valence-electron chi connectivity index (χ2n) is 10.6. The van der Waals surface area contributed by atoms with Crippen LogP contribution >= 0.6 is 11.6 Å². The fraction of sp³-hybridized carbons (Fsp3) is 0.345. The number of rotatable bonds is 8. The topological polar surface area (TPSA) is 147 Å². The number of H-pyrrole nitrogens is 2. The summed E-state index contributed by atoms with van der Waals surface area (Å²) in [6, 6.07) is 10.0. The summed E-state index contributed by atoms with van der Waals surface area (Å²) in [7, 11) is 2.11. The van der Waals surface area contributed by atoms with Crippen LogP contribution in [0.15, 0.2) is 47.4 Å². The number of aromatic hydroxyl groups is 1. The molecule has 2 aliphatic rings. The number of pyridine rings is 1. The predicted molar refractivity (Wildman–Crippen MR) is 156 cm³/mol. The Kier molecular flexibility index (Phi) is 7.33. The number of fused-ring (bicyclic) bond motifs is 2. The molecule has 0 radical (unpaired) electrons. The van der Waals surface area contributed by atoms with Crippen molar-refractivity contribution in [1.29, 1.82) is 0 Å². The van der Waals surface area contributed by atoms with Crippen molar-refractivity contribution >= 4 is 34.2 Å². The smallest absolute Gasteiger partial charge is 0.261 e. The maximum absolute atomic E-state index is 13.3. The molecule has 4 aromatic rings. The lowest BCUT2D eigenvalue weighted by Crippen LogP contribution is -2.43. The van der Waals surface area contributed by atoms with Gasteiger partial charge in [0, 0.05) is 37.0 Å². The van der Waals surface area contributed by atoms with Gasteiger partial charge in [0.25, 0.3) is 11.5 Å². The summed E-state index contributed by atoms with van der Waals surface area (Å²) in [5, 5.41) is 23.3. The third-order valence-corrected chi connectivity index (χ3v) is 8.04. The Morgan fingerprint density at radius 1 is 1.20 bits per heavy atom. The number of ether oxygens (including phenoxy) is 1. The van der Waals surface area contributed by atoms with Gasteiger partial charge in [0.1, 0.15) is 35.6 Å². The van der Waals surface area contributed by atoms with Gasteiger partial charge in [-0.2, -0.15) is 0 Å². The summed E-state index contributed by atoms with van der Waals surface area (Å²) in [6.07, 6.45) is 2.52. The third kappa shape index (κ3) is 5.48. The van der Waals surface area contributed by atoms with Crippen LogP contribution in [0.2, 0.25) is 5.02 Å². The number of carbonyl (C=O) groups excluding carboxylic acids is 1. The molecule has 1 fully saturated rings. The molecule has 0 bridgehead atoms. The second-order valence-corrected chi connectivity index (χ2v) is 11.0. The van der Waals surface area contributed by atoms with E-state index in [0.717, 1.165) is 37.0 Å². The van der Waals surface area contributed by atoms with Gasteiger partial charge in [0.15, 0.2) is 0 Å². The minimum Gasteiger partial charge on any atom is -0.508 e. The minimum atomic E-state index is -0.927. The van der Waals surface area contributed by atoms with Crippen LogP contribution in [0.25, 0.3) is 22.4 Å². The first-order valence-electron chi connectivity index (χ1n) is 13.5. The summed E-state index contributed by atoms with van der Waals surface area (Å²) in [5.74, 6) is 0.741. The van der Waals surface area contributed by atoms with Gasteiger partial charge in [-0.3, -0.25) is 9.59 Å². The van der Waals surface area contributed by atoms with Crippen LogP contribution in [0.1, 0.15) is 28.8 Å². The molecule has 5 N–H and O–H groups in total. The summed E-state index contributed by atoms with van der Waals surface area (Å²) >= 11 is 6.06. The van der Waals surface area contributed by atoms with E-state index >= 15 is 0 Å². The molecule has 2 aromatic heterocycles. The summed E-state index contributed by atoms with van der Waals surface area (Å²) in [4.78, 5) is 41.1. The number of carbonyl (C=O) groups is 1. The van der Waals surface area contributed by atoms with Crippen LogP contribution in [0.3, 0.4) is 0 Å². The van der Waals surface area contributed by atoms with Gasteiger partial charge in [-0.25, -0.2) is 4.98 Å². The number of aliphatic hydroxyl groups is 1. The Hall–Kier alpha value is -4.06. The molecule has 2 aliphatic heterocycles. The number of anilines is 1. The lowest BCUT2D eigenvalue weighted by Gasteiger charge is -2.34. The molecule has 12 heteroatoms. The van der Waals surface area contributed by atoms with Crippen LogP contribution in [0, 0.1) is 0 Å². The number of imidazole rings is 1. The van der Waals surface area contributed by atoms with Crippen molar-refractivity contribution in [3.63, 3.8) is 0 Å². The Labute approximate surface area is 240 Å². The van der Waals surface area contributed by atoms with Gasteiger partial charge < -0.3 is 40.0 Å². The van der Waals surface area contributed by atoms with Crippen LogP contribution in [-0.2, 0) is 6.54 Å². The first kappa shape index (κ1) is 27.1. The number of piperidine rings is 1. The maximum Gasteiger partial charge on any atom is 0.261 e. The highest BCUT2D eigenvalue weighted by atomic mass is 35.5. The van der Waals surface area contributed by atoms with Crippen molar-refractivity contribution in [1.82, 2.24) is 24.8 Å². The van der Waals surface area contributed by atoms with E-state index in [1.165, 1.54) is 24.4 Å². The highest BCUT2D eigenvalue weighted by molar-refractivity contribution is 6.32. The number of phenolic OH excluding ortho intramolecular Hbond substituents is 1. The molecular weight excluding hydrogens is 548 g/mol. The summed E-state index contributed by atoms with van der Waals surface area (Å²) in [6.45, 7) is 2.56. The van der Waals surface area contributed by atoms with Crippen LogP contribution in [-0.4, -0.2) is 86.3 Å². The average Bonchev–Trinajstić information content (AvgIpc) is 3.50. The van der Waals surface area contributed by atoms with Gasteiger partial charge in [-0.15, -0.1) is 0 Å². The fourth-order valence-electron chi connectivity index (χ4n) is 5.50. The SMILES string of the molecule is CN1CCC(N2Cc3cc4[nH]c(-c5c(NCC(O)COc6ccc(O)cc6Cl)cc[nH]c5=O)nc4cc3C2=O)CC1. The van der Waals surface area contributed by atoms with E-state index in [9.17, 15) is 19.8 Å². The van der Waals surface area contributed by atoms with Gasteiger partial charge >= 0.3 is 0 Å². The maximum atomic E-state index is 13.3. The molecular formula is C29H31ClN6O5. The van der Waals surface area contributed by atoms with Crippen molar-refractivity contribution in [2.45, 2.75) is 31.5 Å². The minimum absolute atomic E-state index is 0.0165. The van der Waals surface area contributed by atoms with E-state index in [0.29, 0.717) is 34.9 Å². The monoisotopic (exact) mass is 578 g/mol. The number of phenols is 1. The number of aliphatic hydroxyl groups excluding tert-OH is 1. The molecule has 1 unspecified atom stereocenters. The number of aromatic amines is 2. The van der Waals surface area contributed by atoms with Crippen molar-refractivity contribution in [3.05, 3.63) is 69.1 Å². The van der Waals surface area contributed by atoms with Gasteiger partial charge in [-0.1, -0.05) is 11.6 Å². The Bertz CT molecular complexity index is 1660. The van der Waals surface area contributed by atoms with Crippen molar-refractivity contribution in [2.24, 2.45) is 0 Å². The number of nitrogens with zero attached hydrogens (tertiary/aromatic N) is 3. The van der Waals surface area contributed by atoms with E-state index in [1.807, 2.05) is 17.0 Å². The molecule has 41 heavy (non-hydrogen) atoms. The first-order valence-corrected chi connectivity index (χ1v) is 13.9. The van der Waals surface area contributed by atoms with Crippen LogP contribution < -0.4 is 15.6 Å². The van der Waals surface area contributed by atoms with E-state index < -0.39 is 6.10 Å². The number of halogens is 1. The molecule has 1 atom stereocenters. The van der Waals surface area contributed by atoms with Gasteiger partial charge in [-0.05, 0) is 68.9 Å². The molecule has 6 rings (SSSR count). The first-order chi connectivity index (χ1) is 19.8. The molecule has 0 spiro atoms. The fourth-order valence-corrected chi connectivity index (χ4v) is 5.73. The van der Waals surface area contributed by atoms with E-state index in [-0.39, 0.29) is 47.0 Å². The number of benzene rings is 2. The summed E-state index contributed by atoms with van der Waals surface area (Å²) < 4.78 is 5.57. The van der Waals surface area contributed by atoms with Gasteiger partial charge in [0.2, 0.25) is 0 Å². The van der Waals surface area contributed by atoms with Gasteiger partial charge in [0.05, 0.1) is 21.7 Å². The molecule has 4 heterocycles. The summed E-state index contributed by atoms with van der Waals surface area (Å²) in [5.41, 5.74) is 3.37. The van der Waals surface area contributed by atoms with Crippen LogP contribution in [0.4, 0.5) is 5.69 Å². The number of aromatic nitrogens is 3. The normalized spacial score (nSPS) is 16.8. The zero-order valence-electron chi connectivity index (χ0n) is 22.5. The Balaban J connectivity index is 1.18. The molecule has 0 saturated carbocycles. The standard InChI is InChI=1S/C29H31ClN6O5/c1-35-8-5-17(6-9-35)36-14-16-10-23-24(12-20(16)29(36)40)34-27(33-23)26-22(4-7-31-28(26)39)32-13-19(38)15-41-25-3-2-18(37)11-21(25)30/h2-4,7,10-12,17,19,37-38H,5-6,8-9,13-15H2,1H3,(H,33,34)(H2,31,32,39). The Morgan fingerprint density at radius 2 is 2.00 bits per heavy atom. The lowest BCUT2D eigenvalue weighted by atomic mass is 10.0.